The Bertz CT molecular complexity index is 1660. The van der Waals surface area contributed by atoms with Gasteiger partial charge in [0.15, 0.2) is 6.10 Å². The number of thiazole rings is 1. The molecule has 0 saturated carbocycles. The Morgan fingerprint density at radius 1 is 1.08 bits per heavy atom. The molecule has 0 unspecified atom stereocenters. The number of halogens is 1. The molecule has 0 amide bonds. The van der Waals surface area contributed by atoms with E-state index in [0.717, 1.165) is 54.1 Å². The van der Waals surface area contributed by atoms with Crippen molar-refractivity contribution in [2.45, 2.75) is 46.3 Å². The first-order chi connectivity index (χ1) is 17.4. The van der Waals surface area contributed by atoms with E-state index in [-0.39, 0.29) is 0 Å². The van der Waals surface area contributed by atoms with E-state index in [9.17, 15) is 9.90 Å². The van der Waals surface area contributed by atoms with Crippen molar-refractivity contribution >= 4 is 50.0 Å². The smallest absolute Gasteiger partial charge is 0.337 e. The first-order valence-electron chi connectivity index (χ1n) is 12.0. The molecule has 3 aromatic carbocycles. The Hall–Kier alpha value is -3.26. The van der Waals surface area contributed by atoms with Gasteiger partial charge >= 0.3 is 5.97 Å². The van der Waals surface area contributed by atoms with Gasteiger partial charge in [0.1, 0.15) is 5.01 Å². The van der Waals surface area contributed by atoms with Gasteiger partial charge in [-0.2, -0.15) is 5.10 Å². The zero-order valence-corrected chi connectivity index (χ0v) is 23.2. The van der Waals surface area contributed by atoms with Crippen molar-refractivity contribution in [3.8, 4) is 21.7 Å². The molecule has 2 heterocycles. The van der Waals surface area contributed by atoms with Crippen molar-refractivity contribution in [1.82, 2.24) is 14.8 Å². The fraction of sp³-hybridized carbons (Fsp3) is 0.276. The van der Waals surface area contributed by atoms with Crippen LogP contribution in [0.1, 0.15) is 43.7 Å². The number of nitrogens with zero attached hydrogens (tertiary/aromatic N) is 3. The van der Waals surface area contributed by atoms with Gasteiger partial charge in [0.2, 0.25) is 0 Å². The third-order valence-corrected chi connectivity index (χ3v) is 7.69. The van der Waals surface area contributed by atoms with Gasteiger partial charge < -0.3 is 9.84 Å². The minimum Gasteiger partial charge on any atom is -0.479 e. The standard InChI is InChI=1S/C29H28ClN3O3S/c1-15-13-21-26(37-27(31-21)18-9-12-22-20(14-18)16(2)32-33(22)6)24(17-7-10-19(30)11-8-17)23(15)25(28(34)35)36-29(3,4)5/h7-14,25H,1-6H3,(H,34,35)/t25-/m0/s1. The van der Waals surface area contributed by atoms with Crippen molar-refractivity contribution in [2.75, 3.05) is 0 Å². The van der Waals surface area contributed by atoms with Gasteiger partial charge in [-0.25, -0.2) is 9.78 Å². The van der Waals surface area contributed by atoms with Crippen LogP contribution < -0.4 is 0 Å². The molecule has 0 aliphatic rings. The number of benzene rings is 3. The maximum Gasteiger partial charge on any atom is 0.337 e. The number of rotatable bonds is 5. The lowest BCUT2D eigenvalue weighted by Gasteiger charge is -2.28. The van der Waals surface area contributed by atoms with Crippen molar-refractivity contribution in [1.29, 1.82) is 0 Å². The van der Waals surface area contributed by atoms with Crippen LogP contribution in [-0.4, -0.2) is 31.4 Å². The summed E-state index contributed by atoms with van der Waals surface area (Å²) in [4.78, 5) is 17.5. The lowest BCUT2D eigenvalue weighted by atomic mass is 9.91. The van der Waals surface area contributed by atoms with Crippen molar-refractivity contribution in [3.63, 3.8) is 0 Å². The average Bonchev–Trinajstić information content (AvgIpc) is 3.37. The fourth-order valence-corrected chi connectivity index (χ4v) is 5.98. The Morgan fingerprint density at radius 3 is 2.41 bits per heavy atom. The molecular formula is C29H28ClN3O3S. The van der Waals surface area contributed by atoms with Gasteiger partial charge in [0, 0.05) is 34.1 Å². The van der Waals surface area contributed by atoms with E-state index in [1.807, 2.05) is 76.7 Å². The second-order valence-corrected chi connectivity index (χ2v) is 11.7. The monoisotopic (exact) mass is 533 g/mol. The normalized spacial score (nSPS) is 12.9. The summed E-state index contributed by atoms with van der Waals surface area (Å²) in [6.45, 7) is 9.50. The summed E-state index contributed by atoms with van der Waals surface area (Å²) in [6, 6.07) is 15.7. The van der Waals surface area contributed by atoms with Crippen LogP contribution in [0.5, 0.6) is 0 Å². The molecule has 0 fully saturated rings. The second-order valence-electron chi connectivity index (χ2n) is 10.2. The Morgan fingerprint density at radius 2 is 1.76 bits per heavy atom. The van der Waals surface area contributed by atoms with E-state index in [0.29, 0.717) is 10.6 Å². The quantitative estimate of drug-likeness (QED) is 0.250. The van der Waals surface area contributed by atoms with Crippen LogP contribution in [0.2, 0.25) is 5.02 Å². The molecule has 0 spiro atoms. The molecule has 190 valence electrons. The molecule has 5 rings (SSSR count). The number of aliphatic carboxylic acids is 1. The summed E-state index contributed by atoms with van der Waals surface area (Å²) in [5.74, 6) is -1.03. The van der Waals surface area contributed by atoms with Crippen molar-refractivity contribution < 1.29 is 14.6 Å². The minimum absolute atomic E-state index is 0.611. The summed E-state index contributed by atoms with van der Waals surface area (Å²) in [5, 5.41) is 17.3. The number of hydrogen-bond donors (Lipinski definition) is 1. The molecule has 1 atom stereocenters. The lowest BCUT2D eigenvalue weighted by molar-refractivity contribution is -0.160. The minimum atomic E-state index is -1.14. The highest BCUT2D eigenvalue weighted by Gasteiger charge is 2.32. The molecule has 2 aromatic heterocycles. The van der Waals surface area contributed by atoms with Crippen LogP contribution in [0.4, 0.5) is 0 Å². The largest absolute Gasteiger partial charge is 0.479 e. The third kappa shape index (κ3) is 4.75. The summed E-state index contributed by atoms with van der Waals surface area (Å²) >= 11 is 7.75. The van der Waals surface area contributed by atoms with Crippen molar-refractivity contribution in [2.24, 2.45) is 7.05 Å². The number of hydrogen-bond acceptors (Lipinski definition) is 5. The molecule has 0 aliphatic carbocycles. The van der Waals surface area contributed by atoms with Crippen LogP contribution in [0.15, 0.2) is 48.5 Å². The molecule has 5 aromatic rings. The van der Waals surface area contributed by atoms with E-state index in [2.05, 4.69) is 23.3 Å². The first-order valence-corrected chi connectivity index (χ1v) is 13.2. The van der Waals surface area contributed by atoms with Gasteiger partial charge in [-0.3, -0.25) is 4.68 Å². The van der Waals surface area contributed by atoms with Crippen LogP contribution in [0.25, 0.3) is 42.8 Å². The summed E-state index contributed by atoms with van der Waals surface area (Å²) in [6.07, 6.45) is -1.14. The molecule has 8 heteroatoms. The van der Waals surface area contributed by atoms with E-state index >= 15 is 0 Å². The number of aromatic nitrogens is 3. The number of carbonyl (C=O) groups is 1. The highest BCUT2D eigenvalue weighted by atomic mass is 35.5. The summed E-state index contributed by atoms with van der Waals surface area (Å²) < 4.78 is 8.89. The van der Waals surface area contributed by atoms with Gasteiger partial charge in [-0.1, -0.05) is 23.7 Å². The zero-order valence-electron chi connectivity index (χ0n) is 21.6. The highest BCUT2D eigenvalue weighted by Crippen LogP contribution is 2.44. The first kappa shape index (κ1) is 25.4. The topological polar surface area (TPSA) is 77.2 Å². The Labute approximate surface area is 224 Å². The molecule has 0 saturated heterocycles. The number of fused-ring (bicyclic) bond motifs is 2. The molecule has 37 heavy (non-hydrogen) atoms. The predicted molar refractivity (Wildman–Crippen MR) is 150 cm³/mol. The van der Waals surface area contributed by atoms with Crippen LogP contribution >= 0.6 is 22.9 Å². The van der Waals surface area contributed by atoms with Crippen LogP contribution in [-0.2, 0) is 16.6 Å². The Kier molecular flexibility index (Phi) is 6.34. The molecule has 0 radical (unpaired) electrons. The molecule has 6 nitrogen and oxygen atoms in total. The molecule has 0 aliphatic heterocycles. The van der Waals surface area contributed by atoms with Crippen molar-refractivity contribution in [3.05, 3.63) is 70.4 Å². The highest BCUT2D eigenvalue weighted by molar-refractivity contribution is 7.22. The lowest BCUT2D eigenvalue weighted by Crippen LogP contribution is -2.28. The van der Waals surface area contributed by atoms with E-state index < -0.39 is 17.7 Å². The van der Waals surface area contributed by atoms with Crippen LogP contribution in [0, 0.1) is 13.8 Å². The Balaban J connectivity index is 1.78. The second kappa shape index (κ2) is 9.24. The molecule has 1 N–H and O–H groups in total. The van der Waals surface area contributed by atoms with Gasteiger partial charge in [0.25, 0.3) is 0 Å². The average molecular weight is 534 g/mol. The van der Waals surface area contributed by atoms with E-state index in [1.165, 1.54) is 0 Å². The van der Waals surface area contributed by atoms with Gasteiger partial charge in [0.05, 0.1) is 27.0 Å². The maximum atomic E-state index is 12.5. The zero-order chi connectivity index (χ0) is 26.6. The van der Waals surface area contributed by atoms with Gasteiger partial charge in [-0.15, -0.1) is 11.3 Å². The molecule has 0 bridgehead atoms. The van der Waals surface area contributed by atoms with E-state index in [4.69, 9.17) is 21.3 Å². The number of carboxylic acids is 1. The third-order valence-electron chi connectivity index (χ3n) is 6.30. The van der Waals surface area contributed by atoms with E-state index in [1.54, 1.807) is 11.3 Å². The van der Waals surface area contributed by atoms with Gasteiger partial charge in [-0.05, 0) is 82.1 Å². The number of ether oxygens (including phenoxy) is 1. The maximum absolute atomic E-state index is 12.5. The SMILES string of the molecule is Cc1cc2nc(-c3ccc4c(c3)c(C)nn4C)sc2c(-c2ccc(Cl)cc2)c1[C@H](OC(C)(C)C)C(=O)O. The predicted octanol–water partition coefficient (Wildman–Crippen LogP) is 7.73. The molecular weight excluding hydrogens is 506 g/mol. The number of carboxylic acid groups (broad SMARTS) is 1. The summed E-state index contributed by atoms with van der Waals surface area (Å²) in [5.41, 5.74) is 6.29. The summed E-state index contributed by atoms with van der Waals surface area (Å²) in [7, 11) is 1.94. The number of aryl methyl sites for hydroxylation is 3. The van der Waals surface area contributed by atoms with Crippen LogP contribution in [0.3, 0.4) is 0 Å². The fourth-order valence-electron chi connectivity index (χ4n) is 4.74.